The molecule has 2 N–H and O–H groups in total. The van der Waals surface area contributed by atoms with Crippen LogP contribution < -0.4 is 10.6 Å². The highest BCUT2D eigenvalue weighted by atomic mass is 19.1. The Morgan fingerprint density at radius 1 is 1.16 bits per heavy atom. The molecular formula is C23H25FN6O. The van der Waals surface area contributed by atoms with E-state index in [9.17, 15) is 9.18 Å². The summed E-state index contributed by atoms with van der Waals surface area (Å²) in [5.74, 6) is -0.0727. The van der Waals surface area contributed by atoms with Crippen molar-refractivity contribution in [1.82, 2.24) is 20.3 Å². The maximum Gasteiger partial charge on any atom is 0.255 e. The molecule has 1 amide bonds. The Bertz CT molecular complexity index is 1040. The lowest BCUT2D eigenvalue weighted by Gasteiger charge is -2.13. The number of amides is 1. The molecule has 0 atom stereocenters. The van der Waals surface area contributed by atoms with Gasteiger partial charge in [-0.25, -0.2) is 9.37 Å². The standard InChI is InChI=1S/C23H25FN6O/c1-30(2)28-16-20-8-9-21(23(31)27-15-18-6-4-11-25-14-18)22(29-20)26-12-10-17-5-3-7-19(24)13-17/h3-9,11,13-14,16H,10,12,15H2,1-2H3,(H,26,29)(H,27,31). The van der Waals surface area contributed by atoms with Crippen molar-refractivity contribution in [2.24, 2.45) is 5.10 Å². The van der Waals surface area contributed by atoms with Gasteiger partial charge in [0.05, 0.1) is 17.5 Å². The van der Waals surface area contributed by atoms with Crippen molar-refractivity contribution < 1.29 is 9.18 Å². The zero-order valence-electron chi connectivity index (χ0n) is 17.5. The topological polar surface area (TPSA) is 82.5 Å². The van der Waals surface area contributed by atoms with Gasteiger partial charge in [0.2, 0.25) is 0 Å². The lowest BCUT2D eigenvalue weighted by Crippen LogP contribution is -2.25. The van der Waals surface area contributed by atoms with Gasteiger partial charge in [-0.15, -0.1) is 0 Å². The molecular weight excluding hydrogens is 395 g/mol. The monoisotopic (exact) mass is 420 g/mol. The fourth-order valence-electron chi connectivity index (χ4n) is 2.84. The second kappa shape index (κ2) is 10.8. The van der Waals surface area contributed by atoms with Crippen molar-refractivity contribution in [3.05, 3.63) is 89.1 Å². The summed E-state index contributed by atoms with van der Waals surface area (Å²) in [5.41, 5.74) is 2.80. The molecule has 2 heterocycles. The summed E-state index contributed by atoms with van der Waals surface area (Å²) >= 11 is 0. The molecule has 0 aliphatic carbocycles. The van der Waals surface area contributed by atoms with Crippen LogP contribution in [-0.2, 0) is 13.0 Å². The second-order valence-electron chi connectivity index (χ2n) is 7.07. The smallest absolute Gasteiger partial charge is 0.255 e. The fraction of sp³-hybridized carbons (Fsp3) is 0.217. The van der Waals surface area contributed by atoms with Crippen LogP contribution in [0.3, 0.4) is 0 Å². The first-order valence-corrected chi connectivity index (χ1v) is 9.89. The van der Waals surface area contributed by atoms with Crippen LogP contribution in [0, 0.1) is 5.82 Å². The molecule has 0 fully saturated rings. The van der Waals surface area contributed by atoms with Crippen LogP contribution in [0.2, 0.25) is 0 Å². The number of halogens is 1. The van der Waals surface area contributed by atoms with E-state index < -0.39 is 0 Å². The van der Waals surface area contributed by atoms with Crippen LogP contribution in [0.25, 0.3) is 0 Å². The summed E-state index contributed by atoms with van der Waals surface area (Å²) in [4.78, 5) is 21.4. The molecule has 3 rings (SSSR count). The van der Waals surface area contributed by atoms with Gasteiger partial charge in [0.1, 0.15) is 11.6 Å². The third-order valence-electron chi connectivity index (χ3n) is 4.35. The number of benzene rings is 1. The third kappa shape index (κ3) is 6.88. The first-order chi connectivity index (χ1) is 15.0. The van der Waals surface area contributed by atoms with E-state index in [1.807, 2.05) is 32.3 Å². The Hall–Kier alpha value is -3.81. The van der Waals surface area contributed by atoms with Gasteiger partial charge in [0, 0.05) is 39.6 Å². The van der Waals surface area contributed by atoms with Crippen LogP contribution in [0.4, 0.5) is 10.2 Å². The maximum absolute atomic E-state index is 13.4. The van der Waals surface area contributed by atoms with E-state index in [1.165, 1.54) is 12.1 Å². The molecule has 31 heavy (non-hydrogen) atoms. The number of aromatic nitrogens is 2. The largest absolute Gasteiger partial charge is 0.369 e. The number of rotatable bonds is 9. The Labute approximate surface area is 181 Å². The molecule has 8 heteroatoms. The number of nitrogens with one attached hydrogen (secondary N) is 2. The summed E-state index contributed by atoms with van der Waals surface area (Å²) in [6.45, 7) is 0.854. The maximum atomic E-state index is 13.4. The average molecular weight is 420 g/mol. The van der Waals surface area contributed by atoms with E-state index in [1.54, 1.807) is 41.8 Å². The zero-order chi connectivity index (χ0) is 22.1. The van der Waals surface area contributed by atoms with Gasteiger partial charge in [-0.3, -0.25) is 9.78 Å². The molecule has 7 nitrogen and oxygen atoms in total. The molecule has 0 unspecified atom stereocenters. The summed E-state index contributed by atoms with van der Waals surface area (Å²) in [5, 5.41) is 11.9. The summed E-state index contributed by atoms with van der Waals surface area (Å²) < 4.78 is 13.4. The van der Waals surface area contributed by atoms with Gasteiger partial charge < -0.3 is 15.6 Å². The zero-order valence-corrected chi connectivity index (χ0v) is 17.5. The van der Waals surface area contributed by atoms with Crippen LogP contribution in [0.1, 0.15) is 27.2 Å². The molecule has 0 saturated heterocycles. The molecule has 0 radical (unpaired) electrons. The van der Waals surface area contributed by atoms with Gasteiger partial charge in [-0.2, -0.15) is 5.10 Å². The number of hydrazone groups is 1. The molecule has 0 aliphatic rings. The van der Waals surface area contributed by atoms with E-state index in [-0.39, 0.29) is 11.7 Å². The van der Waals surface area contributed by atoms with Gasteiger partial charge in [0.15, 0.2) is 0 Å². The van der Waals surface area contributed by atoms with Crippen LogP contribution in [0.5, 0.6) is 0 Å². The van der Waals surface area contributed by atoms with Gasteiger partial charge in [-0.1, -0.05) is 18.2 Å². The van der Waals surface area contributed by atoms with E-state index in [0.29, 0.717) is 36.6 Å². The Balaban J connectivity index is 1.73. The summed E-state index contributed by atoms with van der Waals surface area (Å²) in [6.07, 6.45) is 5.60. The van der Waals surface area contributed by atoms with Crippen molar-refractivity contribution in [3.8, 4) is 0 Å². The first kappa shape index (κ1) is 21.9. The predicted octanol–water partition coefficient (Wildman–Crippen LogP) is 3.10. The number of anilines is 1. The lowest BCUT2D eigenvalue weighted by atomic mass is 10.1. The molecule has 3 aromatic rings. The van der Waals surface area contributed by atoms with Gasteiger partial charge in [-0.05, 0) is 47.9 Å². The van der Waals surface area contributed by atoms with Crippen LogP contribution in [-0.4, -0.2) is 47.7 Å². The van der Waals surface area contributed by atoms with Gasteiger partial charge >= 0.3 is 0 Å². The number of carbonyl (C=O) groups is 1. The Morgan fingerprint density at radius 2 is 2.00 bits per heavy atom. The molecule has 0 aliphatic heterocycles. The molecule has 0 saturated carbocycles. The van der Waals surface area contributed by atoms with E-state index in [2.05, 4.69) is 25.7 Å². The highest BCUT2D eigenvalue weighted by Crippen LogP contribution is 2.14. The molecule has 0 bridgehead atoms. The highest BCUT2D eigenvalue weighted by molar-refractivity contribution is 5.99. The number of nitrogens with zero attached hydrogens (tertiary/aromatic N) is 4. The van der Waals surface area contributed by atoms with E-state index >= 15 is 0 Å². The van der Waals surface area contributed by atoms with Crippen molar-refractivity contribution >= 4 is 17.9 Å². The van der Waals surface area contributed by atoms with Crippen molar-refractivity contribution in [2.45, 2.75) is 13.0 Å². The van der Waals surface area contributed by atoms with Crippen LogP contribution >= 0.6 is 0 Å². The normalized spacial score (nSPS) is 10.8. The predicted molar refractivity (Wildman–Crippen MR) is 120 cm³/mol. The quantitative estimate of drug-likeness (QED) is 0.411. The minimum Gasteiger partial charge on any atom is -0.369 e. The van der Waals surface area contributed by atoms with E-state index in [0.717, 1.165) is 11.1 Å². The second-order valence-corrected chi connectivity index (χ2v) is 7.07. The Morgan fingerprint density at radius 3 is 2.74 bits per heavy atom. The average Bonchev–Trinajstić information content (AvgIpc) is 2.77. The van der Waals surface area contributed by atoms with Crippen molar-refractivity contribution in [3.63, 3.8) is 0 Å². The SMILES string of the molecule is CN(C)N=Cc1ccc(C(=O)NCc2cccnc2)c(NCCc2cccc(F)c2)n1. The van der Waals surface area contributed by atoms with Crippen LogP contribution in [0.15, 0.2) is 66.0 Å². The minimum atomic E-state index is -0.270. The number of carbonyl (C=O) groups excluding carboxylic acids is 1. The first-order valence-electron chi connectivity index (χ1n) is 9.89. The third-order valence-corrected chi connectivity index (χ3v) is 4.35. The summed E-state index contributed by atoms with van der Waals surface area (Å²) in [6, 6.07) is 13.6. The number of hydrogen-bond donors (Lipinski definition) is 2. The lowest BCUT2D eigenvalue weighted by molar-refractivity contribution is 0.0951. The molecule has 1 aromatic carbocycles. The van der Waals surface area contributed by atoms with Crippen molar-refractivity contribution in [2.75, 3.05) is 26.0 Å². The molecule has 160 valence electrons. The molecule has 2 aromatic heterocycles. The van der Waals surface area contributed by atoms with E-state index in [4.69, 9.17) is 0 Å². The number of pyridine rings is 2. The fourth-order valence-corrected chi connectivity index (χ4v) is 2.84. The van der Waals surface area contributed by atoms with Crippen molar-refractivity contribution in [1.29, 1.82) is 0 Å². The van der Waals surface area contributed by atoms with Gasteiger partial charge in [0.25, 0.3) is 5.91 Å². The Kier molecular flexibility index (Phi) is 7.64. The molecule has 0 spiro atoms. The highest BCUT2D eigenvalue weighted by Gasteiger charge is 2.13. The minimum absolute atomic E-state index is 0.249. The summed E-state index contributed by atoms with van der Waals surface area (Å²) in [7, 11) is 3.63. The number of hydrogen-bond acceptors (Lipinski definition) is 6.